The molecule has 0 saturated heterocycles. The van der Waals surface area contributed by atoms with Gasteiger partial charge in [0.2, 0.25) is 0 Å². The number of carboxylic acid groups (broad SMARTS) is 1. The zero-order chi connectivity index (χ0) is 14.9. The van der Waals surface area contributed by atoms with Crippen LogP contribution in [-0.2, 0) is 11.3 Å². The average molecular weight is 314 g/mol. The van der Waals surface area contributed by atoms with Crippen LogP contribution in [0.5, 0.6) is 5.75 Å². The maximum Gasteiger partial charge on any atom is 0.336 e. The molecule has 1 aromatic carbocycles. The lowest BCUT2D eigenvalue weighted by atomic mass is 10.1. The van der Waals surface area contributed by atoms with Gasteiger partial charge in [-0.2, -0.15) is 0 Å². The highest BCUT2D eigenvalue weighted by Gasteiger charge is 2.15. The number of aromatic hydroxyl groups is 1. The number of phenols is 1. The molecule has 0 aliphatic carbocycles. The van der Waals surface area contributed by atoms with E-state index in [1.165, 1.54) is 19.1 Å². The fourth-order valence-electron chi connectivity index (χ4n) is 1.94. The standard InChI is InChI=1S/C14H15NO5.ClH/c1-7-5-12(17)20-13-9(7)3-4-11(16)10(13)6-15-8(2)14(18)19;/h3-5,8,15-16H,6H2,1-2H3,(H,18,19);1H. The molecule has 2 rings (SSSR count). The second kappa shape index (κ2) is 6.60. The summed E-state index contributed by atoms with van der Waals surface area (Å²) in [5, 5.41) is 22.2. The number of phenolic OH excluding ortho intramolecular Hbond substituents is 1. The lowest BCUT2D eigenvalue weighted by Gasteiger charge is -2.12. The smallest absolute Gasteiger partial charge is 0.336 e. The van der Waals surface area contributed by atoms with E-state index in [0.29, 0.717) is 10.9 Å². The van der Waals surface area contributed by atoms with E-state index in [1.807, 2.05) is 0 Å². The highest BCUT2D eigenvalue weighted by molar-refractivity contribution is 5.85. The fourth-order valence-corrected chi connectivity index (χ4v) is 1.94. The van der Waals surface area contributed by atoms with Gasteiger partial charge in [-0.05, 0) is 31.5 Å². The number of carbonyl (C=O) groups is 1. The van der Waals surface area contributed by atoms with Gasteiger partial charge in [-0.1, -0.05) is 0 Å². The van der Waals surface area contributed by atoms with Gasteiger partial charge in [0.1, 0.15) is 17.4 Å². The Balaban J connectivity index is 0.00000220. The van der Waals surface area contributed by atoms with Gasteiger partial charge in [-0.3, -0.25) is 4.79 Å². The fraction of sp³-hybridized carbons (Fsp3) is 0.286. The minimum absolute atomic E-state index is 0. The summed E-state index contributed by atoms with van der Waals surface area (Å²) in [6.07, 6.45) is 0. The monoisotopic (exact) mass is 313 g/mol. The highest BCUT2D eigenvalue weighted by atomic mass is 35.5. The lowest BCUT2D eigenvalue weighted by molar-refractivity contribution is -0.139. The summed E-state index contributed by atoms with van der Waals surface area (Å²) in [6, 6.07) is 3.75. The molecule has 7 heteroatoms. The summed E-state index contributed by atoms with van der Waals surface area (Å²) in [5.41, 5.74) is 0.883. The summed E-state index contributed by atoms with van der Waals surface area (Å²) in [5.74, 6) is -1.04. The normalized spacial score (nSPS) is 11.9. The maximum atomic E-state index is 11.5. The molecule has 0 spiro atoms. The molecule has 0 bridgehead atoms. The van der Waals surface area contributed by atoms with Gasteiger partial charge in [0.15, 0.2) is 0 Å². The second-order valence-electron chi connectivity index (χ2n) is 4.63. The Kier molecular flexibility index (Phi) is 5.34. The molecule has 0 fully saturated rings. The van der Waals surface area contributed by atoms with Crippen molar-refractivity contribution in [3.63, 3.8) is 0 Å². The molecular formula is C14H16ClNO5. The largest absolute Gasteiger partial charge is 0.507 e. The summed E-state index contributed by atoms with van der Waals surface area (Å²) in [4.78, 5) is 22.2. The summed E-state index contributed by atoms with van der Waals surface area (Å²) in [7, 11) is 0. The van der Waals surface area contributed by atoms with E-state index in [9.17, 15) is 14.7 Å². The topological polar surface area (TPSA) is 99.8 Å². The zero-order valence-electron chi connectivity index (χ0n) is 11.5. The number of rotatable bonds is 4. The van der Waals surface area contributed by atoms with Crippen LogP contribution in [0.1, 0.15) is 18.1 Å². The van der Waals surface area contributed by atoms with Crippen molar-refractivity contribution in [3.05, 3.63) is 39.7 Å². The number of benzene rings is 1. The first-order valence-electron chi connectivity index (χ1n) is 6.11. The molecule has 0 aliphatic heterocycles. The van der Waals surface area contributed by atoms with Crippen LogP contribution in [0.25, 0.3) is 11.0 Å². The third-order valence-electron chi connectivity index (χ3n) is 3.15. The number of fused-ring (bicyclic) bond motifs is 1. The van der Waals surface area contributed by atoms with Crippen molar-refractivity contribution < 1.29 is 19.4 Å². The van der Waals surface area contributed by atoms with Gasteiger partial charge in [0.05, 0.1) is 5.56 Å². The molecule has 0 amide bonds. The van der Waals surface area contributed by atoms with Crippen molar-refractivity contribution in [2.24, 2.45) is 0 Å². The molecule has 6 nitrogen and oxygen atoms in total. The summed E-state index contributed by atoms with van der Waals surface area (Å²) in [6.45, 7) is 3.35. The van der Waals surface area contributed by atoms with Crippen LogP contribution in [0.3, 0.4) is 0 Å². The molecule has 1 aromatic heterocycles. The van der Waals surface area contributed by atoms with Crippen molar-refractivity contribution >= 4 is 29.3 Å². The lowest BCUT2D eigenvalue weighted by Crippen LogP contribution is -2.33. The molecule has 1 heterocycles. The molecule has 2 aromatic rings. The first-order chi connectivity index (χ1) is 9.40. The predicted octanol–water partition coefficient (Wildman–Crippen LogP) is 1.79. The molecule has 0 aliphatic rings. The Hall–Kier alpha value is -2.05. The average Bonchev–Trinajstić information content (AvgIpc) is 2.36. The van der Waals surface area contributed by atoms with E-state index in [4.69, 9.17) is 9.52 Å². The van der Waals surface area contributed by atoms with Crippen molar-refractivity contribution in [2.75, 3.05) is 0 Å². The molecular weight excluding hydrogens is 298 g/mol. The summed E-state index contributed by atoms with van der Waals surface area (Å²) < 4.78 is 5.14. The van der Waals surface area contributed by atoms with Gasteiger partial charge in [-0.15, -0.1) is 12.4 Å². The van der Waals surface area contributed by atoms with Crippen molar-refractivity contribution in [2.45, 2.75) is 26.4 Å². The van der Waals surface area contributed by atoms with Gasteiger partial charge >= 0.3 is 11.6 Å². The van der Waals surface area contributed by atoms with Crippen LogP contribution >= 0.6 is 12.4 Å². The van der Waals surface area contributed by atoms with E-state index in [1.54, 1.807) is 13.0 Å². The second-order valence-corrected chi connectivity index (χ2v) is 4.63. The first kappa shape index (κ1) is 17.0. The zero-order valence-corrected chi connectivity index (χ0v) is 12.4. The van der Waals surface area contributed by atoms with E-state index in [-0.39, 0.29) is 30.3 Å². The Morgan fingerprint density at radius 3 is 2.71 bits per heavy atom. The van der Waals surface area contributed by atoms with E-state index < -0.39 is 17.6 Å². The Morgan fingerprint density at radius 2 is 2.10 bits per heavy atom. The number of carboxylic acids is 1. The van der Waals surface area contributed by atoms with Gasteiger partial charge < -0.3 is 19.9 Å². The maximum absolute atomic E-state index is 11.5. The highest BCUT2D eigenvalue weighted by Crippen LogP contribution is 2.27. The van der Waals surface area contributed by atoms with Crippen LogP contribution < -0.4 is 10.9 Å². The first-order valence-corrected chi connectivity index (χ1v) is 6.11. The number of nitrogens with one attached hydrogen (secondary N) is 1. The van der Waals surface area contributed by atoms with Gasteiger partial charge in [-0.25, -0.2) is 4.79 Å². The number of hydrogen-bond donors (Lipinski definition) is 3. The van der Waals surface area contributed by atoms with Crippen molar-refractivity contribution in [1.82, 2.24) is 5.32 Å². The van der Waals surface area contributed by atoms with Gasteiger partial charge in [0, 0.05) is 18.0 Å². The van der Waals surface area contributed by atoms with Crippen LogP contribution in [0.15, 0.2) is 27.4 Å². The predicted molar refractivity (Wildman–Crippen MR) is 80.1 cm³/mol. The Morgan fingerprint density at radius 1 is 1.43 bits per heavy atom. The molecule has 21 heavy (non-hydrogen) atoms. The Labute approximate surface area is 126 Å². The van der Waals surface area contributed by atoms with Crippen LogP contribution in [0, 0.1) is 6.92 Å². The molecule has 0 saturated carbocycles. The van der Waals surface area contributed by atoms with E-state index in [0.717, 1.165) is 5.56 Å². The molecule has 0 radical (unpaired) electrons. The summed E-state index contributed by atoms with van der Waals surface area (Å²) >= 11 is 0. The van der Waals surface area contributed by atoms with E-state index >= 15 is 0 Å². The Bertz CT molecular complexity index is 725. The molecule has 1 unspecified atom stereocenters. The van der Waals surface area contributed by atoms with Crippen molar-refractivity contribution in [1.29, 1.82) is 0 Å². The third kappa shape index (κ3) is 3.53. The van der Waals surface area contributed by atoms with E-state index in [2.05, 4.69) is 5.32 Å². The van der Waals surface area contributed by atoms with Gasteiger partial charge in [0.25, 0.3) is 0 Å². The van der Waals surface area contributed by atoms with Crippen LogP contribution in [0.4, 0.5) is 0 Å². The number of aryl methyl sites for hydroxylation is 1. The quantitative estimate of drug-likeness (QED) is 0.744. The molecule has 3 N–H and O–H groups in total. The molecule has 114 valence electrons. The SMILES string of the molecule is Cc1cc(=O)oc2c(CNC(C)C(=O)O)c(O)ccc12.Cl. The van der Waals surface area contributed by atoms with Crippen LogP contribution in [-0.4, -0.2) is 22.2 Å². The number of halogens is 1. The number of hydrogen-bond acceptors (Lipinski definition) is 5. The van der Waals surface area contributed by atoms with Crippen molar-refractivity contribution in [3.8, 4) is 5.75 Å². The minimum Gasteiger partial charge on any atom is -0.507 e. The third-order valence-corrected chi connectivity index (χ3v) is 3.15. The van der Waals surface area contributed by atoms with Crippen LogP contribution in [0.2, 0.25) is 0 Å². The number of aliphatic carboxylic acids is 1. The minimum atomic E-state index is -0.998. The molecule has 1 atom stereocenters.